The second kappa shape index (κ2) is 5.51. The van der Waals surface area contributed by atoms with Crippen LogP contribution in [0.5, 0.6) is 6.01 Å². The molecular weight excluding hydrogens is 297 g/mol. The predicted molar refractivity (Wildman–Crippen MR) is 62.1 cm³/mol. The van der Waals surface area contributed by atoms with Crippen molar-refractivity contribution in [2.75, 3.05) is 5.73 Å². The maximum Gasteiger partial charge on any atom is 0.416 e. The van der Waals surface area contributed by atoms with Crippen molar-refractivity contribution >= 4 is 5.82 Å². The molecule has 0 unspecified atom stereocenters. The number of nitrogen functional groups attached to an aromatic ring is 1. The fourth-order valence-corrected chi connectivity index (χ4v) is 1.51. The average molecular weight is 305 g/mol. The lowest BCUT2D eigenvalue weighted by atomic mass is 10.1. The van der Waals surface area contributed by atoms with E-state index in [0.29, 0.717) is 6.07 Å². The molecule has 2 N–H and O–H groups in total. The second-order valence-electron chi connectivity index (χ2n) is 3.97. The Morgan fingerprint density at radius 3 is 2.52 bits per heavy atom. The zero-order valence-electron chi connectivity index (χ0n) is 10.3. The van der Waals surface area contributed by atoms with E-state index in [9.17, 15) is 22.0 Å². The minimum atomic E-state index is -4.73. The van der Waals surface area contributed by atoms with Gasteiger partial charge in [0.25, 0.3) is 0 Å². The summed E-state index contributed by atoms with van der Waals surface area (Å²) in [5, 5.41) is 0. The Morgan fingerprint density at radius 2 is 1.90 bits per heavy atom. The number of nitrogens with two attached hydrogens (primary N) is 1. The normalized spacial score (nSPS) is 11.5. The van der Waals surface area contributed by atoms with Gasteiger partial charge in [-0.3, -0.25) is 0 Å². The van der Waals surface area contributed by atoms with Crippen molar-refractivity contribution in [3.8, 4) is 6.01 Å². The number of anilines is 1. The molecule has 0 aliphatic rings. The Bertz CT molecular complexity index is 660. The van der Waals surface area contributed by atoms with Crippen LogP contribution in [0.2, 0.25) is 0 Å². The average Bonchev–Trinajstić information content (AvgIpc) is 2.40. The smallest absolute Gasteiger partial charge is 0.416 e. The van der Waals surface area contributed by atoms with Crippen LogP contribution in [0.3, 0.4) is 0 Å². The molecule has 0 fully saturated rings. The van der Waals surface area contributed by atoms with Crippen molar-refractivity contribution in [2.45, 2.75) is 12.8 Å². The molecule has 0 amide bonds. The fourth-order valence-electron chi connectivity index (χ4n) is 1.51. The van der Waals surface area contributed by atoms with Crippen LogP contribution >= 0.6 is 0 Å². The van der Waals surface area contributed by atoms with Gasteiger partial charge >= 0.3 is 12.2 Å². The van der Waals surface area contributed by atoms with Crippen LogP contribution in [-0.2, 0) is 12.8 Å². The molecular formula is C12H8F5N3O. The summed E-state index contributed by atoms with van der Waals surface area (Å²) >= 11 is 0. The molecule has 0 aliphatic carbocycles. The summed E-state index contributed by atoms with van der Waals surface area (Å²) < 4.78 is 68.9. The molecule has 1 aromatic carbocycles. The number of aromatic nitrogens is 2. The first-order valence-electron chi connectivity index (χ1n) is 5.54. The van der Waals surface area contributed by atoms with Crippen molar-refractivity contribution in [1.82, 2.24) is 9.97 Å². The van der Waals surface area contributed by atoms with E-state index in [4.69, 9.17) is 10.5 Å². The van der Waals surface area contributed by atoms with E-state index in [0.717, 1.165) is 18.3 Å². The standard InChI is InChI=1S/C12H8F5N3O/c13-7-2-1-6(8(3-7)12(15,16)17)5-21-11-19-4-9(14)10(18)20-11/h1-4H,5H2,(H2,18,19,20). The maximum absolute atomic E-state index is 12.9. The molecule has 0 saturated carbocycles. The van der Waals surface area contributed by atoms with Crippen molar-refractivity contribution in [3.05, 3.63) is 47.2 Å². The van der Waals surface area contributed by atoms with Crippen LogP contribution in [0.15, 0.2) is 24.4 Å². The third kappa shape index (κ3) is 3.56. The Labute approximate surface area is 115 Å². The SMILES string of the molecule is Nc1nc(OCc2ccc(F)cc2C(F)(F)F)ncc1F. The molecule has 0 atom stereocenters. The molecule has 0 saturated heterocycles. The first-order valence-corrected chi connectivity index (χ1v) is 5.54. The summed E-state index contributed by atoms with van der Waals surface area (Å²) in [6, 6.07) is 1.78. The van der Waals surface area contributed by atoms with Gasteiger partial charge in [0.1, 0.15) is 12.4 Å². The van der Waals surface area contributed by atoms with Gasteiger partial charge in [-0.05, 0) is 12.1 Å². The van der Waals surface area contributed by atoms with Gasteiger partial charge in [-0.1, -0.05) is 6.07 Å². The summed E-state index contributed by atoms with van der Waals surface area (Å²) in [5.74, 6) is -2.39. The van der Waals surface area contributed by atoms with Crippen molar-refractivity contribution < 1.29 is 26.7 Å². The number of alkyl halides is 3. The zero-order valence-corrected chi connectivity index (χ0v) is 10.3. The van der Waals surface area contributed by atoms with Crippen molar-refractivity contribution in [3.63, 3.8) is 0 Å². The first-order chi connectivity index (χ1) is 9.77. The van der Waals surface area contributed by atoms with Gasteiger partial charge in [0.15, 0.2) is 11.6 Å². The van der Waals surface area contributed by atoms with Crippen LogP contribution in [-0.4, -0.2) is 9.97 Å². The number of hydrogen-bond acceptors (Lipinski definition) is 4. The van der Waals surface area contributed by atoms with Gasteiger partial charge in [-0.25, -0.2) is 13.8 Å². The summed E-state index contributed by atoms with van der Waals surface area (Å²) in [6.45, 7) is -0.569. The van der Waals surface area contributed by atoms with E-state index in [1.165, 1.54) is 0 Å². The Balaban J connectivity index is 2.22. The molecule has 21 heavy (non-hydrogen) atoms. The van der Waals surface area contributed by atoms with E-state index in [1.807, 2.05) is 0 Å². The number of rotatable bonds is 3. The van der Waals surface area contributed by atoms with Gasteiger partial charge in [-0.15, -0.1) is 0 Å². The summed E-state index contributed by atoms with van der Waals surface area (Å²) in [4.78, 5) is 6.83. The first kappa shape index (κ1) is 14.9. The number of hydrogen-bond donors (Lipinski definition) is 1. The molecule has 1 aromatic heterocycles. The van der Waals surface area contributed by atoms with Crippen LogP contribution < -0.4 is 10.5 Å². The lowest BCUT2D eigenvalue weighted by molar-refractivity contribution is -0.138. The van der Waals surface area contributed by atoms with Crippen molar-refractivity contribution in [1.29, 1.82) is 0 Å². The minimum absolute atomic E-state index is 0.310. The zero-order chi connectivity index (χ0) is 15.6. The van der Waals surface area contributed by atoms with Crippen LogP contribution in [0, 0.1) is 11.6 Å². The third-order valence-electron chi connectivity index (χ3n) is 2.48. The monoisotopic (exact) mass is 305 g/mol. The molecule has 0 radical (unpaired) electrons. The largest absolute Gasteiger partial charge is 0.459 e. The predicted octanol–water partition coefficient (Wildman–Crippen LogP) is 2.93. The van der Waals surface area contributed by atoms with Gasteiger partial charge in [-0.2, -0.15) is 18.2 Å². The van der Waals surface area contributed by atoms with E-state index < -0.39 is 35.8 Å². The number of halogens is 5. The highest BCUT2D eigenvalue weighted by Gasteiger charge is 2.33. The third-order valence-corrected chi connectivity index (χ3v) is 2.48. The Kier molecular flexibility index (Phi) is 3.92. The highest BCUT2D eigenvalue weighted by Crippen LogP contribution is 2.32. The minimum Gasteiger partial charge on any atom is -0.459 e. The molecule has 0 bridgehead atoms. The van der Waals surface area contributed by atoms with E-state index in [2.05, 4.69) is 9.97 Å². The van der Waals surface area contributed by atoms with Gasteiger partial charge in [0.2, 0.25) is 0 Å². The van der Waals surface area contributed by atoms with Crippen molar-refractivity contribution in [2.24, 2.45) is 0 Å². The van der Waals surface area contributed by atoms with Gasteiger partial charge < -0.3 is 10.5 Å². The molecule has 2 rings (SSSR count). The summed E-state index contributed by atoms with van der Waals surface area (Å²) in [7, 11) is 0. The Hall–Kier alpha value is -2.45. The van der Waals surface area contributed by atoms with Crippen LogP contribution in [0.4, 0.5) is 27.8 Å². The van der Waals surface area contributed by atoms with Crippen LogP contribution in [0.1, 0.15) is 11.1 Å². The summed E-state index contributed by atoms with van der Waals surface area (Å²) in [6.07, 6.45) is -4.00. The van der Waals surface area contributed by atoms with E-state index >= 15 is 0 Å². The molecule has 1 heterocycles. The van der Waals surface area contributed by atoms with E-state index in [-0.39, 0.29) is 11.6 Å². The molecule has 112 valence electrons. The Morgan fingerprint density at radius 1 is 1.19 bits per heavy atom. The molecule has 9 heteroatoms. The lowest BCUT2D eigenvalue weighted by Crippen LogP contribution is -2.12. The molecule has 4 nitrogen and oxygen atoms in total. The van der Waals surface area contributed by atoms with E-state index in [1.54, 1.807) is 0 Å². The quantitative estimate of drug-likeness (QED) is 0.886. The summed E-state index contributed by atoms with van der Waals surface area (Å²) in [5.41, 5.74) is 3.69. The molecule has 2 aromatic rings. The topological polar surface area (TPSA) is 61.0 Å². The number of nitrogens with zero attached hydrogens (tertiary/aromatic N) is 2. The lowest BCUT2D eigenvalue weighted by Gasteiger charge is -2.13. The fraction of sp³-hybridized carbons (Fsp3) is 0.167. The highest BCUT2D eigenvalue weighted by atomic mass is 19.4. The van der Waals surface area contributed by atoms with Gasteiger partial charge in [0, 0.05) is 5.56 Å². The molecule has 0 aliphatic heterocycles. The molecule has 0 spiro atoms. The second-order valence-corrected chi connectivity index (χ2v) is 3.97. The number of ether oxygens (including phenoxy) is 1. The maximum atomic E-state index is 12.9. The number of benzene rings is 1. The van der Waals surface area contributed by atoms with Gasteiger partial charge in [0.05, 0.1) is 11.8 Å². The highest BCUT2D eigenvalue weighted by molar-refractivity contribution is 5.31. The van der Waals surface area contributed by atoms with Crippen LogP contribution in [0.25, 0.3) is 0 Å².